The van der Waals surface area contributed by atoms with E-state index in [1.165, 1.54) is 25.9 Å². The number of rotatable bonds is 2. The first-order chi connectivity index (χ1) is 9.09. The summed E-state index contributed by atoms with van der Waals surface area (Å²) in [6, 6.07) is 0. The van der Waals surface area contributed by atoms with Crippen LogP contribution in [0.2, 0.25) is 0 Å². The first kappa shape index (κ1) is 12.7. The van der Waals surface area contributed by atoms with E-state index >= 15 is 0 Å². The molecule has 0 spiro atoms. The SMILES string of the molecule is CC(C)(C1CCNCC1)C12CC3CC(CC(C3)C1)C2. The maximum atomic E-state index is 3.56. The van der Waals surface area contributed by atoms with Crippen LogP contribution in [0.5, 0.6) is 0 Å². The van der Waals surface area contributed by atoms with Gasteiger partial charge in [-0.05, 0) is 99.0 Å². The highest BCUT2D eigenvalue weighted by atomic mass is 14.9. The molecule has 1 heterocycles. The molecular weight excluding hydrogens is 230 g/mol. The molecular formula is C18H31N. The van der Waals surface area contributed by atoms with Crippen molar-refractivity contribution in [2.24, 2.45) is 34.5 Å². The molecule has 4 aliphatic carbocycles. The second-order valence-electron chi connectivity index (χ2n) is 8.94. The van der Waals surface area contributed by atoms with E-state index in [-0.39, 0.29) is 0 Å². The zero-order chi connectivity index (χ0) is 13.1. The summed E-state index contributed by atoms with van der Waals surface area (Å²) in [5.41, 5.74) is 1.31. The van der Waals surface area contributed by atoms with E-state index in [1.54, 1.807) is 38.5 Å². The van der Waals surface area contributed by atoms with Gasteiger partial charge in [-0.25, -0.2) is 0 Å². The molecule has 4 saturated carbocycles. The Kier molecular flexibility index (Phi) is 2.82. The van der Waals surface area contributed by atoms with Gasteiger partial charge in [0.15, 0.2) is 0 Å². The summed E-state index contributed by atoms with van der Waals surface area (Å²) >= 11 is 0. The second-order valence-corrected chi connectivity index (χ2v) is 8.94. The second kappa shape index (κ2) is 4.23. The smallest absolute Gasteiger partial charge is 0.00461 e. The van der Waals surface area contributed by atoms with Crippen molar-refractivity contribution < 1.29 is 0 Å². The van der Waals surface area contributed by atoms with Gasteiger partial charge in [0.25, 0.3) is 0 Å². The number of hydrogen-bond donors (Lipinski definition) is 1. The van der Waals surface area contributed by atoms with E-state index < -0.39 is 0 Å². The fourth-order valence-electron chi connectivity index (χ4n) is 6.88. The highest BCUT2D eigenvalue weighted by molar-refractivity contribution is 5.08. The molecule has 1 nitrogen and oxygen atoms in total. The molecule has 108 valence electrons. The Labute approximate surface area is 118 Å². The molecule has 5 aliphatic rings. The van der Waals surface area contributed by atoms with Crippen molar-refractivity contribution in [3.05, 3.63) is 0 Å². The molecule has 1 heteroatoms. The highest BCUT2D eigenvalue weighted by Crippen LogP contribution is 2.68. The topological polar surface area (TPSA) is 12.0 Å². The van der Waals surface area contributed by atoms with E-state index in [1.807, 2.05) is 0 Å². The minimum absolute atomic E-state index is 0.588. The Morgan fingerprint density at radius 3 is 1.79 bits per heavy atom. The Morgan fingerprint density at radius 2 is 1.32 bits per heavy atom. The van der Waals surface area contributed by atoms with Gasteiger partial charge in [-0.2, -0.15) is 0 Å². The maximum Gasteiger partial charge on any atom is -0.00461 e. The quantitative estimate of drug-likeness (QED) is 0.784. The van der Waals surface area contributed by atoms with E-state index in [9.17, 15) is 0 Å². The van der Waals surface area contributed by atoms with E-state index in [0.29, 0.717) is 5.41 Å². The Hall–Kier alpha value is -0.0400. The molecule has 1 aliphatic heterocycles. The third-order valence-electron chi connectivity index (χ3n) is 7.76. The predicted molar refractivity (Wildman–Crippen MR) is 80.0 cm³/mol. The van der Waals surface area contributed by atoms with Gasteiger partial charge >= 0.3 is 0 Å². The third kappa shape index (κ3) is 1.83. The summed E-state index contributed by atoms with van der Waals surface area (Å²) in [4.78, 5) is 0. The fraction of sp³-hybridized carbons (Fsp3) is 1.00. The molecule has 0 amide bonds. The molecule has 0 aromatic rings. The van der Waals surface area contributed by atoms with Crippen LogP contribution in [0.25, 0.3) is 0 Å². The first-order valence-electron chi connectivity index (χ1n) is 8.80. The zero-order valence-electron chi connectivity index (χ0n) is 12.9. The predicted octanol–water partition coefficient (Wildman–Crippen LogP) is 4.23. The molecule has 1 saturated heterocycles. The van der Waals surface area contributed by atoms with Gasteiger partial charge < -0.3 is 5.32 Å². The lowest BCUT2D eigenvalue weighted by molar-refractivity contribution is -0.143. The lowest BCUT2D eigenvalue weighted by Crippen LogP contribution is -2.56. The molecule has 4 bridgehead atoms. The number of nitrogens with one attached hydrogen (secondary N) is 1. The summed E-state index contributed by atoms with van der Waals surface area (Å²) in [6.45, 7) is 7.83. The lowest BCUT2D eigenvalue weighted by atomic mass is 9.41. The van der Waals surface area contributed by atoms with E-state index in [0.717, 1.165) is 29.1 Å². The first-order valence-corrected chi connectivity index (χ1v) is 8.80. The molecule has 19 heavy (non-hydrogen) atoms. The Balaban J connectivity index is 1.62. The van der Waals surface area contributed by atoms with Crippen molar-refractivity contribution in [2.75, 3.05) is 13.1 Å². The largest absolute Gasteiger partial charge is 0.317 e. The molecule has 0 aromatic heterocycles. The van der Waals surface area contributed by atoms with Gasteiger partial charge in [0.05, 0.1) is 0 Å². The molecule has 5 fully saturated rings. The van der Waals surface area contributed by atoms with Gasteiger partial charge in [0.2, 0.25) is 0 Å². The molecule has 0 atom stereocenters. The lowest BCUT2D eigenvalue weighted by Gasteiger charge is -2.64. The van der Waals surface area contributed by atoms with Crippen molar-refractivity contribution >= 4 is 0 Å². The van der Waals surface area contributed by atoms with Crippen molar-refractivity contribution in [3.63, 3.8) is 0 Å². The fourth-order valence-corrected chi connectivity index (χ4v) is 6.88. The minimum Gasteiger partial charge on any atom is -0.317 e. The molecule has 1 N–H and O–H groups in total. The van der Waals surface area contributed by atoms with Crippen LogP contribution in [0.3, 0.4) is 0 Å². The summed E-state index contributed by atoms with van der Waals surface area (Å²) in [5, 5.41) is 3.56. The Bertz CT molecular complexity index is 315. The highest BCUT2D eigenvalue weighted by Gasteiger charge is 2.58. The van der Waals surface area contributed by atoms with E-state index in [4.69, 9.17) is 0 Å². The average Bonchev–Trinajstić information content (AvgIpc) is 2.38. The monoisotopic (exact) mass is 261 g/mol. The standard InChI is InChI=1S/C18H31N/c1-17(2,16-3-5-19-6-4-16)18-10-13-7-14(11-18)9-15(8-13)12-18/h13-16,19H,3-12H2,1-2H3. The van der Waals surface area contributed by atoms with Crippen molar-refractivity contribution in [3.8, 4) is 0 Å². The normalized spacial score (nSPS) is 46.7. The third-order valence-corrected chi connectivity index (χ3v) is 7.76. The minimum atomic E-state index is 0.588. The van der Waals surface area contributed by atoms with Crippen LogP contribution >= 0.6 is 0 Å². The van der Waals surface area contributed by atoms with Crippen LogP contribution < -0.4 is 5.32 Å². The van der Waals surface area contributed by atoms with Crippen molar-refractivity contribution in [2.45, 2.75) is 65.2 Å². The van der Waals surface area contributed by atoms with Crippen LogP contribution in [0, 0.1) is 34.5 Å². The summed E-state index contributed by atoms with van der Waals surface area (Å²) < 4.78 is 0. The van der Waals surface area contributed by atoms with Crippen molar-refractivity contribution in [1.82, 2.24) is 5.32 Å². The van der Waals surface area contributed by atoms with Crippen LogP contribution in [0.1, 0.15) is 65.2 Å². The van der Waals surface area contributed by atoms with Crippen LogP contribution in [0.15, 0.2) is 0 Å². The molecule has 0 radical (unpaired) electrons. The molecule has 5 rings (SSSR count). The van der Waals surface area contributed by atoms with Crippen LogP contribution in [-0.4, -0.2) is 13.1 Å². The van der Waals surface area contributed by atoms with Gasteiger partial charge in [-0.3, -0.25) is 0 Å². The number of hydrogen-bond acceptors (Lipinski definition) is 1. The van der Waals surface area contributed by atoms with Crippen molar-refractivity contribution in [1.29, 1.82) is 0 Å². The van der Waals surface area contributed by atoms with Crippen LogP contribution in [-0.2, 0) is 0 Å². The summed E-state index contributed by atoms with van der Waals surface area (Å²) in [6.07, 6.45) is 12.3. The summed E-state index contributed by atoms with van der Waals surface area (Å²) in [5.74, 6) is 4.29. The van der Waals surface area contributed by atoms with Gasteiger partial charge in [-0.15, -0.1) is 0 Å². The molecule has 0 aromatic carbocycles. The van der Waals surface area contributed by atoms with Gasteiger partial charge in [0, 0.05) is 0 Å². The van der Waals surface area contributed by atoms with Gasteiger partial charge in [-0.1, -0.05) is 13.8 Å². The van der Waals surface area contributed by atoms with Crippen LogP contribution in [0.4, 0.5) is 0 Å². The molecule has 0 unspecified atom stereocenters. The summed E-state index contributed by atoms with van der Waals surface area (Å²) in [7, 11) is 0. The van der Waals surface area contributed by atoms with Gasteiger partial charge in [0.1, 0.15) is 0 Å². The maximum absolute atomic E-state index is 3.56. The Morgan fingerprint density at radius 1 is 0.842 bits per heavy atom. The number of piperidine rings is 1. The van der Waals surface area contributed by atoms with E-state index in [2.05, 4.69) is 19.2 Å². The zero-order valence-corrected chi connectivity index (χ0v) is 12.9. The average molecular weight is 261 g/mol.